The van der Waals surface area contributed by atoms with Gasteiger partial charge in [0.15, 0.2) is 0 Å². The van der Waals surface area contributed by atoms with Crippen LogP contribution in [0, 0.1) is 0 Å². The van der Waals surface area contributed by atoms with E-state index in [-0.39, 0.29) is 5.56 Å². The van der Waals surface area contributed by atoms with Crippen molar-refractivity contribution < 1.29 is 4.74 Å². The maximum Gasteiger partial charge on any atom is 0.290 e. The number of morpholine rings is 1. The summed E-state index contributed by atoms with van der Waals surface area (Å²) in [6, 6.07) is 11.9. The van der Waals surface area contributed by atoms with Gasteiger partial charge in [-0.25, -0.2) is 4.68 Å². The number of benzene rings is 1. The highest BCUT2D eigenvalue weighted by molar-refractivity contribution is 5.93. The van der Waals surface area contributed by atoms with Gasteiger partial charge in [0.1, 0.15) is 17.1 Å². The Morgan fingerprint density at radius 1 is 1.11 bits per heavy atom. The molecule has 28 heavy (non-hydrogen) atoms. The van der Waals surface area contributed by atoms with Crippen LogP contribution in [0.1, 0.15) is 0 Å². The fraction of sp³-hybridized carbons (Fsp3) is 0.250. The summed E-state index contributed by atoms with van der Waals surface area (Å²) in [5.41, 5.74) is 3.88. The van der Waals surface area contributed by atoms with Gasteiger partial charge in [0.2, 0.25) is 0 Å². The van der Waals surface area contributed by atoms with E-state index in [0.29, 0.717) is 37.7 Å². The molecule has 0 saturated carbocycles. The van der Waals surface area contributed by atoms with E-state index in [9.17, 15) is 4.79 Å². The molecule has 0 aliphatic carbocycles. The average Bonchev–Trinajstić information content (AvgIpc) is 3.40. The van der Waals surface area contributed by atoms with Crippen LogP contribution in [0.25, 0.3) is 28.0 Å². The van der Waals surface area contributed by atoms with Crippen molar-refractivity contribution in [2.24, 2.45) is 7.05 Å². The lowest BCUT2D eigenvalue weighted by atomic mass is 10.1. The zero-order valence-corrected chi connectivity index (χ0v) is 15.5. The third-order valence-corrected chi connectivity index (χ3v) is 5.09. The van der Waals surface area contributed by atoms with Crippen LogP contribution in [0.4, 0.5) is 5.69 Å². The van der Waals surface area contributed by atoms with Gasteiger partial charge >= 0.3 is 0 Å². The van der Waals surface area contributed by atoms with Crippen molar-refractivity contribution in [2.45, 2.75) is 0 Å². The summed E-state index contributed by atoms with van der Waals surface area (Å²) in [6.07, 6.45) is 4.00. The quantitative estimate of drug-likeness (QED) is 0.591. The van der Waals surface area contributed by atoms with Crippen LogP contribution in [0.5, 0.6) is 0 Å². The molecule has 0 spiro atoms. The number of aryl methyl sites for hydroxylation is 1. The highest BCUT2D eigenvalue weighted by atomic mass is 16.5. The summed E-state index contributed by atoms with van der Waals surface area (Å²) in [5.74, 6) is 0. The second-order valence-electron chi connectivity index (χ2n) is 6.84. The predicted octanol–water partition coefficient (Wildman–Crippen LogP) is 1.95. The number of ether oxygens (including phenoxy) is 1. The van der Waals surface area contributed by atoms with Gasteiger partial charge in [0, 0.05) is 43.6 Å². The number of fused-ring (bicyclic) bond motifs is 1. The molecule has 4 aromatic rings. The molecule has 142 valence electrons. The third kappa shape index (κ3) is 2.78. The number of aromatic nitrogens is 5. The van der Waals surface area contributed by atoms with E-state index < -0.39 is 0 Å². The highest BCUT2D eigenvalue weighted by Gasteiger charge is 2.19. The maximum atomic E-state index is 12.6. The molecule has 1 N–H and O–H groups in total. The number of anilines is 1. The molecular formula is C20H20N6O2. The van der Waals surface area contributed by atoms with Crippen molar-refractivity contribution in [3.05, 3.63) is 59.1 Å². The van der Waals surface area contributed by atoms with Crippen LogP contribution < -0.4 is 10.5 Å². The van der Waals surface area contributed by atoms with Crippen molar-refractivity contribution in [1.82, 2.24) is 24.5 Å². The van der Waals surface area contributed by atoms with Crippen molar-refractivity contribution in [3.63, 3.8) is 0 Å². The van der Waals surface area contributed by atoms with Gasteiger partial charge in [-0.1, -0.05) is 0 Å². The zero-order valence-electron chi connectivity index (χ0n) is 15.5. The molecule has 0 bridgehead atoms. The lowest BCUT2D eigenvalue weighted by molar-refractivity contribution is 0.122. The smallest absolute Gasteiger partial charge is 0.290 e. The largest absolute Gasteiger partial charge is 0.378 e. The van der Waals surface area contributed by atoms with Crippen LogP contribution in [0.15, 0.2) is 53.6 Å². The van der Waals surface area contributed by atoms with E-state index in [1.807, 2.05) is 47.3 Å². The second-order valence-corrected chi connectivity index (χ2v) is 6.84. The van der Waals surface area contributed by atoms with Crippen LogP contribution in [0.2, 0.25) is 0 Å². The van der Waals surface area contributed by atoms with Crippen LogP contribution in [-0.2, 0) is 11.8 Å². The molecule has 0 atom stereocenters. The Hall–Kier alpha value is -3.39. The van der Waals surface area contributed by atoms with Gasteiger partial charge in [-0.05, 0) is 36.4 Å². The number of H-pyrrole nitrogens is 1. The molecule has 0 amide bonds. The fourth-order valence-electron chi connectivity index (χ4n) is 3.60. The van der Waals surface area contributed by atoms with Crippen molar-refractivity contribution in [2.75, 3.05) is 31.2 Å². The second kappa shape index (κ2) is 6.65. The Kier molecular flexibility index (Phi) is 3.98. The molecule has 8 nitrogen and oxygen atoms in total. The lowest BCUT2D eigenvalue weighted by Gasteiger charge is -2.28. The molecule has 3 aromatic heterocycles. The monoisotopic (exact) mass is 376 g/mol. The van der Waals surface area contributed by atoms with Crippen LogP contribution in [0.3, 0.4) is 0 Å². The Bertz CT molecular complexity index is 1190. The Balaban J connectivity index is 1.64. The van der Waals surface area contributed by atoms with E-state index >= 15 is 0 Å². The number of rotatable bonds is 3. The predicted molar refractivity (Wildman–Crippen MR) is 107 cm³/mol. The van der Waals surface area contributed by atoms with Gasteiger partial charge in [-0.3, -0.25) is 9.89 Å². The van der Waals surface area contributed by atoms with Crippen molar-refractivity contribution >= 4 is 16.6 Å². The first-order valence-electron chi connectivity index (χ1n) is 9.23. The summed E-state index contributed by atoms with van der Waals surface area (Å²) >= 11 is 0. The number of nitrogens with zero attached hydrogens (tertiary/aromatic N) is 5. The maximum absolute atomic E-state index is 12.6. The first kappa shape index (κ1) is 16.8. The Morgan fingerprint density at radius 2 is 1.89 bits per heavy atom. The molecule has 1 aliphatic heterocycles. The van der Waals surface area contributed by atoms with Gasteiger partial charge in [0.05, 0.1) is 18.7 Å². The number of hydrogen-bond donors (Lipinski definition) is 1. The zero-order chi connectivity index (χ0) is 19.1. The van der Waals surface area contributed by atoms with Crippen LogP contribution in [-0.4, -0.2) is 50.8 Å². The normalized spacial score (nSPS) is 14.7. The standard InChI is InChI=1S/C20H20N6O2/c1-24-20(27)18(26-8-10-28-11-9-26)13-17(23-24)19-15-12-14(25-6-2-3-7-25)4-5-16(15)21-22-19/h2-7,12-13H,8-11H2,1H3,(H,21,22). The van der Waals surface area contributed by atoms with E-state index in [1.54, 1.807) is 7.05 Å². The minimum Gasteiger partial charge on any atom is -0.378 e. The topological polar surface area (TPSA) is 81.0 Å². The van der Waals surface area contributed by atoms with E-state index in [2.05, 4.69) is 26.3 Å². The molecule has 0 radical (unpaired) electrons. The van der Waals surface area contributed by atoms with Crippen LogP contribution >= 0.6 is 0 Å². The Morgan fingerprint density at radius 3 is 2.68 bits per heavy atom. The summed E-state index contributed by atoms with van der Waals surface area (Å²) in [7, 11) is 1.68. The summed E-state index contributed by atoms with van der Waals surface area (Å²) in [5, 5.41) is 13.0. The SMILES string of the molecule is Cn1nc(-c2n[nH]c3ccc(-n4cccc4)cc23)cc(N2CCOCC2)c1=O. The van der Waals surface area contributed by atoms with Crippen molar-refractivity contribution in [1.29, 1.82) is 0 Å². The molecule has 1 fully saturated rings. The van der Waals surface area contributed by atoms with Gasteiger partial charge in [0.25, 0.3) is 5.56 Å². The molecule has 1 aromatic carbocycles. The van der Waals surface area contributed by atoms with E-state index in [0.717, 1.165) is 22.3 Å². The number of hydrogen-bond acceptors (Lipinski definition) is 5. The summed E-state index contributed by atoms with van der Waals surface area (Å²) in [4.78, 5) is 14.7. The molecule has 0 unspecified atom stereocenters. The number of nitrogens with one attached hydrogen (secondary N) is 1. The minimum absolute atomic E-state index is 0.112. The van der Waals surface area contributed by atoms with E-state index in [1.165, 1.54) is 4.68 Å². The molecule has 1 aliphatic rings. The summed E-state index contributed by atoms with van der Waals surface area (Å²) < 4.78 is 8.84. The molecule has 1 saturated heterocycles. The molecule has 5 rings (SSSR count). The minimum atomic E-state index is -0.112. The lowest BCUT2D eigenvalue weighted by Crippen LogP contribution is -2.40. The summed E-state index contributed by atoms with van der Waals surface area (Å²) in [6.45, 7) is 2.62. The van der Waals surface area contributed by atoms with Gasteiger partial charge in [-0.15, -0.1) is 0 Å². The van der Waals surface area contributed by atoms with Gasteiger partial charge in [-0.2, -0.15) is 10.2 Å². The van der Waals surface area contributed by atoms with Gasteiger partial charge < -0.3 is 14.2 Å². The first-order chi connectivity index (χ1) is 13.7. The first-order valence-corrected chi connectivity index (χ1v) is 9.23. The average molecular weight is 376 g/mol. The Labute approximate surface area is 161 Å². The third-order valence-electron chi connectivity index (χ3n) is 5.09. The fourth-order valence-corrected chi connectivity index (χ4v) is 3.60. The van der Waals surface area contributed by atoms with Crippen molar-refractivity contribution in [3.8, 4) is 17.1 Å². The molecular weight excluding hydrogens is 356 g/mol. The molecule has 4 heterocycles. The highest BCUT2D eigenvalue weighted by Crippen LogP contribution is 2.28. The van der Waals surface area contributed by atoms with E-state index in [4.69, 9.17) is 4.74 Å². The molecule has 8 heteroatoms. The number of aromatic amines is 1.